The summed E-state index contributed by atoms with van der Waals surface area (Å²) in [7, 11) is 0. The van der Waals surface area contributed by atoms with Gasteiger partial charge in [-0.2, -0.15) is 0 Å². The third-order valence-electron chi connectivity index (χ3n) is 1.81. The van der Waals surface area contributed by atoms with Crippen molar-refractivity contribution in [3.05, 3.63) is 34.9 Å². The van der Waals surface area contributed by atoms with Gasteiger partial charge in [0.05, 0.1) is 5.92 Å². The zero-order valence-corrected chi connectivity index (χ0v) is 8.89. The van der Waals surface area contributed by atoms with Crippen molar-refractivity contribution >= 4 is 30.0 Å². The van der Waals surface area contributed by atoms with Crippen molar-refractivity contribution in [3.63, 3.8) is 0 Å². The Morgan fingerprint density at radius 2 is 1.93 bits per heavy atom. The lowest BCUT2D eigenvalue weighted by Crippen LogP contribution is -2.20. The Morgan fingerprint density at radius 1 is 1.43 bits per heavy atom. The molecule has 0 bridgehead atoms. The van der Waals surface area contributed by atoms with E-state index in [1.165, 1.54) is 0 Å². The van der Waals surface area contributed by atoms with Gasteiger partial charge in [-0.25, -0.2) is 0 Å². The minimum absolute atomic E-state index is 0. The normalized spacial score (nSPS) is 11.6. The monoisotopic (exact) mass is 235 g/mol. The smallest absolute Gasteiger partial charge is 0.312 e. The van der Waals surface area contributed by atoms with Crippen molar-refractivity contribution in [3.8, 4) is 0 Å². The number of hydrogen-bond donors (Lipinski definition) is 2. The Morgan fingerprint density at radius 3 is 2.29 bits per heavy atom. The molecule has 1 rings (SSSR count). The van der Waals surface area contributed by atoms with Crippen LogP contribution in [0.25, 0.3) is 0 Å². The average molecular weight is 236 g/mol. The Balaban J connectivity index is 0.00000169. The predicted molar refractivity (Wildman–Crippen MR) is 58.1 cm³/mol. The van der Waals surface area contributed by atoms with E-state index in [0.717, 1.165) is 0 Å². The molecule has 0 saturated heterocycles. The molecular weight excluding hydrogens is 225 g/mol. The van der Waals surface area contributed by atoms with Gasteiger partial charge in [0.2, 0.25) is 0 Å². The number of carbonyl (C=O) groups is 1. The second kappa shape index (κ2) is 5.86. The molecule has 0 aliphatic carbocycles. The first-order valence-corrected chi connectivity index (χ1v) is 4.21. The van der Waals surface area contributed by atoms with Crippen LogP contribution in [0.5, 0.6) is 0 Å². The number of rotatable bonds is 3. The van der Waals surface area contributed by atoms with Crippen molar-refractivity contribution in [2.24, 2.45) is 5.73 Å². The fourth-order valence-electron chi connectivity index (χ4n) is 1.07. The largest absolute Gasteiger partial charge is 0.481 e. The molecule has 0 fully saturated rings. The number of hydrogen-bond acceptors (Lipinski definition) is 2. The molecule has 0 heterocycles. The van der Waals surface area contributed by atoms with Crippen LogP contribution < -0.4 is 5.73 Å². The van der Waals surface area contributed by atoms with E-state index in [4.69, 9.17) is 22.4 Å². The summed E-state index contributed by atoms with van der Waals surface area (Å²) in [5.74, 6) is -1.55. The highest BCUT2D eigenvalue weighted by molar-refractivity contribution is 6.30. The summed E-state index contributed by atoms with van der Waals surface area (Å²) in [6.07, 6.45) is 0. The molecule has 0 aromatic heterocycles. The second-order valence-corrected chi connectivity index (χ2v) is 3.11. The number of carboxylic acid groups (broad SMARTS) is 1. The van der Waals surface area contributed by atoms with E-state index in [2.05, 4.69) is 0 Å². The minimum Gasteiger partial charge on any atom is -0.481 e. The third-order valence-corrected chi connectivity index (χ3v) is 2.06. The quantitative estimate of drug-likeness (QED) is 0.842. The van der Waals surface area contributed by atoms with Crippen molar-refractivity contribution in [1.82, 2.24) is 0 Å². The number of halogens is 2. The van der Waals surface area contributed by atoms with Gasteiger partial charge in [-0.3, -0.25) is 4.79 Å². The van der Waals surface area contributed by atoms with Gasteiger partial charge in [-0.05, 0) is 17.7 Å². The Bertz CT molecular complexity index is 300. The number of benzene rings is 1. The van der Waals surface area contributed by atoms with E-state index in [-0.39, 0.29) is 19.0 Å². The Kier molecular flexibility index (Phi) is 5.53. The Labute approximate surface area is 93.3 Å². The van der Waals surface area contributed by atoms with E-state index < -0.39 is 11.9 Å². The van der Waals surface area contributed by atoms with Gasteiger partial charge < -0.3 is 10.8 Å². The van der Waals surface area contributed by atoms with E-state index in [0.29, 0.717) is 10.6 Å². The standard InChI is InChI=1S/C9H10ClNO2.ClH/c10-7-3-1-6(2-4-7)8(5-11)9(12)13;/h1-4,8H,5,11H2,(H,12,13);1H/t8-;/m1./s1. The lowest BCUT2D eigenvalue weighted by molar-refractivity contribution is -0.138. The first-order chi connectivity index (χ1) is 6.15. The molecule has 1 aromatic carbocycles. The molecule has 5 heteroatoms. The fourth-order valence-corrected chi connectivity index (χ4v) is 1.20. The molecule has 0 saturated carbocycles. The van der Waals surface area contributed by atoms with Crippen molar-refractivity contribution in [2.45, 2.75) is 5.92 Å². The van der Waals surface area contributed by atoms with Gasteiger partial charge in [0.25, 0.3) is 0 Å². The fraction of sp³-hybridized carbons (Fsp3) is 0.222. The first kappa shape index (κ1) is 13.2. The third kappa shape index (κ3) is 3.18. The number of carboxylic acids is 1. The average Bonchev–Trinajstić information content (AvgIpc) is 2.09. The molecule has 3 N–H and O–H groups in total. The van der Waals surface area contributed by atoms with Crippen LogP contribution in [0.4, 0.5) is 0 Å². The summed E-state index contributed by atoms with van der Waals surface area (Å²) in [6.45, 7) is 0.0942. The molecule has 1 aromatic rings. The maximum Gasteiger partial charge on any atom is 0.312 e. The Hall–Kier alpha value is -0.770. The molecule has 14 heavy (non-hydrogen) atoms. The lowest BCUT2D eigenvalue weighted by atomic mass is 10.00. The van der Waals surface area contributed by atoms with Gasteiger partial charge >= 0.3 is 5.97 Å². The molecule has 3 nitrogen and oxygen atoms in total. The van der Waals surface area contributed by atoms with Crippen molar-refractivity contribution < 1.29 is 9.90 Å². The summed E-state index contributed by atoms with van der Waals surface area (Å²) in [4.78, 5) is 10.7. The highest BCUT2D eigenvalue weighted by Crippen LogP contribution is 2.17. The van der Waals surface area contributed by atoms with E-state index in [9.17, 15) is 4.79 Å². The molecule has 0 amide bonds. The van der Waals surface area contributed by atoms with Crippen LogP contribution in [0.3, 0.4) is 0 Å². The van der Waals surface area contributed by atoms with E-state index >= 15 is 0 Å². The second-order valence-electron chi connectivity index (χ2n) is 2.68. The number of aliphatic carboxylic acids is 1. The summed E-state index contributed by atoms with van der Waals surface area (Å²) in [6, 6.07) is 6.66. The van der Waals surface area contributed by atoms with Crippen LogP contribution in [0, 0.1) is 0 Å². The zero-order valence-electron chi connectivity index (χ0n) is 7.31. The minimum atomic E-state index is -0.912. The summed E-state index contributed by atoms with van der Waals surface area (Å²) >= 11 is 5.66. The molecule has 1 atom stereocenters. The van der Waals surface area contributed by atoms with Gasteiger partial charge in [-0.15, -0.1) is 12.4 Å². The molecule has 0 aliphatic rings. The van der Waals surface area contributed by atoms with Crippen LogP contribution in [-0.2, 0) is 4.79 Å². The van der Waals surface area contributed by atoms with Gasteiger partial charge in [-0.1, -0.05) is 23.7 Å². The molecule has 78 valence electrons. The van der Waals surface area contributed by atoms with Crippen LogP contribution in [0.15, 0.2) is 24.3 Å². The van der Waals surface area contributed by atoms with Crippen LogP contribution >= 0.6 is 24.0 Å². The summed E-state index contributed by atoms with van der Waals surface area (Å²) < 4.78 is 0. The topological polar surface area (TPSA) is 63.3 Å². The summed E-state index contributed by atoms with van der Waals surface area (Å²) in [5.41, 5.74) is 6.01. The zero-order chi connectivity index (χ0) is 9.84. The van der Waals surface area contributed by atoms with Crippen LogP contribution in [0.1, 0.15) is 11.5 Å². The van der Waals surface area contributed by atoms with Gasteiger partial charge in [0.1, 0.15) is 0 Å². The van der Waals surface area contributed by atoms with Crippen LogP contribution in [-0.4, -0.2) is 17.6 Å². The van der Waals surface area contributed by atoms with Gasteiger partial charge in [0, 0.05) is 11.6 Å². The molecule has 0 aliphatic heterocycles. The highest BCUT2D eigenvalue weighted by Gasteiger charge is 2.17. The van der Waals surface area contributed by atoms with Crippen LogP contribution in [0.2, 0.25) is 5.02 Å². The van der Waals surface area contributed by atoms with Crippen molar-refractivity contribution in [2.75, 3.05) is 6.54 Å². The van der Waals surface area contributed by atoms with Gasteiger partial charge in [0.15, 0.2) is 0 Å². The molecular formula is C9H11Cl2NO2. The molecule has 0 radical (unpaired) electrons. The molecule has 0 spiro atoms. The SMILES string of the molecule is Cl.NC[C@@H](C(=O)O)c1ccc(Cl)cc1. The van der Waals surface area contributed by atoms with E-state index in [1.807, 2.05) is 0 Å². The highest BCUT2D eigenvalue weighted by atomic mass is 35.5. The lowest BCUT2D eigenvalue weighted by Gasteiger charge is -2.09. The summed E-state index contributed by atoms with van der Waals surface area (Å²) in [5, 5.41) is 9.37. The predicted octanol–water partition coefficient (Wildman–Crippen LogP) is 1.89. The maximum atomic E-state index is 10.7. The first-order valence-electron chi connectivity index (χ1n) is 3.83. The van der Waals surface area contributed by atoms with E-state index in [1.54, 1.807) is 24.3 Å². The number of nitrogens with two attached hydrogens (primary N) is 1. The maximum absolute atomic E-state index is 10.7. The van der Waals surface area contributed by atoms with Crippen molar-refractivity contribution in [1.29, 1.82) is 0 Å². The molecule has 0 unspecified atom stereocenters.